The zero-order valence-electron chi connectivity index (χ0n) is 18.4. The standard InChI is InChI=1S/C24H18Cl3N5O4/c25-13-3-1-5-15(9-13)28-20(34)12-21(35)31-32-23(22(27)24(32)36)18-11-17(7-8-19(18)33)30-29-16-6-2-4-14(26)10-16/h1-11,22-23,33H,12H2,(H,28,34)(H,31,35). The number of phenols is 1. The van der Waals surface area contributed by atoms with E-state index in [2.05, 4.69) is 21.0 Å². The first-order chi connectivity index (χ1) is 17.2. The lowest BCUT2D eigenvalue weighted by molar-refractivity contribution is -0.157. The number of hydrazine groups is 1. The van der Waals surface area contributed by atoms with Crippen LogP contribution in [0.1, 0.15) is 18.0 Å². The summed E-state index contributed by atoms with van der Waals surface area (Å²) in [5.74, 6) is -2.09. The van der Waals surface area contributed by atoms with Gasteiger partial charge in [-0.1, -0.05) is 35.3 Å². The van der Waals surface area contributed by atoms with Gasteiger partial charge in [-0.3, -0.25) is 19.8 Å². The Kier molecular flexibility index (Phi) is 7.73. The number of halogens is 3. The number of nitrogens with one attached hydrogen (secondary N) is 2. The maximum Gasteiger partial charge on any atom is 0.262 e. The molecule has 184 valence electrons. The van der Waals surface area contributed by atoms with Crippen molar-refractivity contribution in [1.82, 2.24) is 10.4 Å². The number of amides is 3. The molecule has 2 unspecified atom stereocenters. The Hall–Kier alpha value is -3.66. The number of benzene rings is 3. The van der Waals surface area contributed by atoms with E-state index in [4.69, 9.17) is 34.8 Å². The first-order valence-corrected chi connectivity index (χ1v) is 11.7. The molecule has 0 aromatic heterocycles. The minimum absolute atomic E-state index is 0.155. The molecule has 0 saturated carbocycles. The third-order valence-electron chi connectivity index (χ3n) is 5.12. The predicted molar refractivity (Wildman–Crippen MR) is 136 cm³/mol. The molecular weight excluding hydrogens is 529 g/mol. The quantitative estimate of drug-likeness (QED) is 0.153. The molecule has 1 fully saturated rings. The maximum atomic E-state index is 12.4. The molecule has 3 amide bonds. The summed E-state index contributed by atoms with van der Waals surface area (Å²) in [6.07, 6.45) is -0.560. The second-order valence-corrected chi connectivity index (χ2v) is 9.09. The molecule has 12 heteroatoms. The van der Waals surface area contributed by atoms with Crippen LogP contribution in [0.15, 0.2) is 77.0 Å². The van der Waals surface area contributed by atoms with Gasteiger partial charge in [0, 0.05) is 21.3 Å². The molecule has 0 bridgehead atoms. The number of rotatable bonds is 7. The zero-order chi connectivity index (χ0) is 25.8. The van der Waals surface area contributed by atoms with Gasteiger partial charge >= 0.3 is 0 Å². The van der Waals surface area contributed by atoms with Gasteiger partial charge in [-0.25, -0.2) is 5.01 Å². The van der Waals surface area contributed by atoms with E-state index in [0.717, 1.165) is 5.01 Å². The van der Waals surface area contributed by atoms with Crippen LogP contribution in [-0.4, -0.2) is 33.2 Å². The summed E-state index contributed by atoms with van der Waals surface area (Å²) in [5, 5.41) is 22.1. The summed E-state index contributed by atoms with van der Waals surface area (Å²) in [6, 6.07) is 16.7. The minimum Gasteiger partial charge on any atom is -0.508 e. The average molecular weight is 547 g/mol. The molecule has 0 aliphatic carbocycles. The maximum absolute atomic E-state index is 12.4. The molecule has 0 spiro atoms. The summed E-state index contributed by atoms with van der Waals surface area (Å²) in [7, 11) is 0. The van der Waals surface area contributed by atoms with Crippen LogP contribution in [0, 0.1) is 0 Å². The highest BCUT2D eigenvalue weighted by Crippen LogP contribution is 2.42. The van der Waals surface area contributed by atoms with Crippen molar-refractivity contribution in [2.45, 2.75) is 17.8 Å². The van der Waals surface area contributed by atoms with Crippen molar-refractivity contribution in [3.8, 4) is 5.75 Å². The lowest BCUT2D eigenvalue weighted by atomic mass is 9.94. The first-order valence-electron chi connectivity index (χ1n) is 10.5. The molecular formula is C24H18Cl3N5O4. The van der Waals surface area contributed by atoms with E-state index in [1.165, 1.54) is 24.3 Å². The largest absolute Gasteiger partial charge is 0.508 e. The molecule has 1 aliphatic heterocycles. The number of azo groups is 1. The lowest BCUT2D eigenvalue weighted by Gasteiger charge is -2.44. The Labute approximate surface area is 220 Å². The van der Waals surface area contributed by atoms with Crippen LogP contribution in [0.4, 0.5) is 17.1 Å². The zero-order valence-corrected chi connectivity index (χ0v) is 20.6. The van der Waals surface area contributed by atoms with E-state index >= 15 is 0 Å². The van der Waals surface area contributed by atoms with Gasteiger partial charge in [-0.05, 0) is 54.6 Å². The molecule has 3 aromatic carbocycles. The summed E-state index contributed by atoms with van der Waals surface area (Å²) < 4.78 is 0. The van der Waals surface area contributed by atoms with Gasteiger partial charge in [0.25, 0.3) is 5.91 Å². The Morgan fingerprint density at radius 3 is 2.28 bits per heavy atom. The Morgan fingerprint density at radius 1 is 0.917 bits per heavy atom. The number of carbonyl (C=O) groups is 3. The molecule has 1 saturated heterocycles. The first kappa shape index (κ1) is 25.4. The Balaban J connectivity index is 1.45. The van der Waals surface area contributed by atoms with Gasteiger partial charge in [0.05, 0.1) is 11.4 Å². The lowest BCUT2D eigenvalue weighted by Crippen LogP contribution is -2.63. The number of carbonyl (C=O) groups excluding carboxylic acids is 3. The highest BCUT2D eigenvalue weighted by molar-refractivity contribution is 6.34. The molecule has 2 atom stereocenters. The van der Waals surface area contributed by atoms with Crippen molar-refractivity contribution in [2.24, 2.45) is 10.2 Å². The number of phenolic OH excluding ortho intramolecular Hbond substituents is 1. The van der Waals surface area contributed by atoms with Crippen LogP contribution >= 0.6 is 34.8 Å². The fourth-order valence-electron chi connectivity index (χ4n) is 3.46. The van der Waals surface area contributed by atoms with Gasteiger partial charge < -0.3 is 10.4 Å². The number of nitrogens with zero attached hydrogens (tertiary/aromatic N) is 3. The number of hydrogen-bond acceptors (Lipinski definition) is 6. The second kappa shape index (κ2) is 10.9. The van der Waals surface area contributed by atoms with Gasteiger partial charge in [0.1, 0.15) is 23.6 Å². The molecule has 36 heavy (non-hydrogen) atoms. The summed E-state index contributed by atoms with van der Waals surface area (Å²) in [4.78, 5) is 37.0. The van der Waals surface area contributed by atoms with Crippen LogP contribution in [0.5, 0.6) is 5.75 Å². The van der Waals surface area contributed by atoms with Crippen molar-refractivity contribution in [2.75, 3.05) is 5.32 Å². The third-order valence-corrected chi connectivity index (χ3v) is 6.02. The van der Waals surface area contributed by atoms with Gasteiger partial charge in [0.2, 0.25) is 11.8 Å². The van der Waals surface area contributed by atoms with Crippen molar-refractivity contribution < 1.29 is 19.5 Å². The topological polar surface area (TPSA) is 123 Å². The summed E-state index contributed by atoms with van der Waals surface area (Å²) in [6.45, 7) is 0. The van der Waals surface area contributed by atoms with Crippen LogP contribution in [0.2, 0.25) is 10.0 Å². The highest BCUT2D eigenvalue weighted by Gasteiger charge is 2.49. The summed E-state index contributed by atoms with van der Waals surface area (Å²) >= 11 is 18.0. The number of alkyl halides is 1. The normalized spacial score (nSPS) is 17.1. The van der Waals surface area contributed by atoms with Crippen molar-refractivity contribution in [3.63, 3.8) is 0 Å². The van der Waals surface area contributed by atoms with Crippen molar-refractivity contribution in [3.05, 3.63) is 82.3 Å². The van der Waals surface area contributed by atoms with E-state index in [1.54, 1.807) is 42.5 Å². The number of aromatic hydroxyl groups is 1. The van der Waals surface area contributed by atoms with E-state index in [1.807, 2.05) is 0 Å². The van der Waals surface area contributed by atoms with Crippen LogP contribution in [0.25, 0.3) is 0 Å². The fourth-order valence-corrected chi connectivity index (χ4v) is 4.19. The summed E-state index contributed by atoms with van der Waals surface area (Å²) in [5.41, 5.74) is 3.95. The molecule has 9 nitrogen and oxygen atoms in total. The average Bonchev–Trinajstić information content (AvgIpc) is 2.83. The molecule has 4 rings (SSSR count). The Morgan fingerprint density at radius 2 is 1.58 bits per heavy atom. The fraction of sp³-hybridized carbons (Fsp3) is 0.125. The molecule has 3 aromatic rings. The molecule has 0 radical (unpaired) electrons. The van der Waals surface area contributed by atoms with Gasteiger partial charge in [-0.15, -0.1) is 11.6 Å². The number of anilines is 1. The molecule has 1 aliphatic rings. The SMILES string of the molecule is O=C(CC(=O)NN1C(=O)C(Cl)C1c1cc(N=Nc2cccc(Cl)c2)ccc1O)Nc1cccc(Cl)c1. The van der Waals surface area contributed by atoms with Crippen molar-refractivity contribution >= 4 is 69.6 Å². The van der Waals surface area contributed by atoms with Crippen molar-refractivity contribution in [1.29, 1.82) is 0 Å². The van der Waals surface area contributed by atoms with Crippen LogP contribution < -0.4 is 10.7 Å². The van der Waals surface area contributed by atoms with E-state index in [0.29, 0.717) is 27.1 Å². The highest BCUT2D eigenvalue weighted by atomic mass is 35.5. The molecule has 3 N–H and O–H groups in total. The van der Waals surface area contributed by atoms with Gasteiger partial charge in [0.15, 0.2) is 0 Å². The number of hydrogen-bond donors (Lipinski definition) is 3. The van der Waals surface area contributed by atoms with Crippen LogP contribution in [-0.2, 0) is 14.4 Å². The second-order valence-electron chi connectivity index (χ2n) is 7.75. The third kappa shape index (κ3) is 5.93. The molecule has 1 heterocycles. The van der Waals surface area contributed by atoms with Crippen LogP contribution in [0.3, 0.4) is 0 Å². The smallest absolute Gasteiger partial charge is 0.262 e. The number of β-lactam (4-membered cyclic amide) rings is 1. The minimum atomic E-state index is -1.04. The Bertz CT molecular complexity index is 1370. The predicted octanol–water partition coefficient (Wildman–Crippen LogP) is 5.67. The van der Waals surface area contributed by atoms with E-state index in [-0.39, 0.29) is 11.3 Å². The van der Waals surface area contributed by atoms with E-state index < -0.39 is 35.6 Å². The van der Waals surface area contributed by atoms with E-state index in [9.17, 15) is 19.5 Å². The monoisotopic (exact) mass is 545 g/mol. The van der Waals surface area contributed by atoms with Gasteiger partial charge in [-0.2, -0.15) is 10.2 Å².